The number of rotatable bonds is 4. The van der Waals surface area contributed by atoms with Gasteiger partial charge in [-0.05, 0) is 0 Å². The van der Waals surface area contributed by atoms with Gasteiger partial charge in [0.15, 0.2) is 0 Å². The lowest BCUT2D eigenvalue weighted by Gasteiger charge is -2.34. The maximum Gasteiger partial charge on any atom is 0.233 e. The summed E-state index contributed by atoms with van der Waals surface area (Å²) in [5, 5.41) is 10.7. The molecule has 0 bridgehead atoms. The number of piperazine rings is 1. The Labute approximate surface area is 84.6 Å². The highest BCUT2D eigenvalue weighted by molar-refractivity contribution is 5.74. The summed E-state index contributed by atoms with van der Waals surface area (Å²) in [5.74, 6) is 0.0700. The molecule has 0 unspecified atom stereocenters. The van der Waals surface area contributed by atoms with E-state index in [4.69, 9.17) is 5.11 Å². The second-order valence-corrected chi connectivity index (χ2v) is 3.44. The monoisotopic (exact) mass is 201 g/mol. The lowest BCUT2D eigenvalue weighted by molar-refractivity contribution is -0.126. The lowest BCUT2D eigenvalue weighted by Crippen LogP contribution is -2.53. The van der Waals surface area contributed by atoms with Gasteiger partial charge in [0.25, 0.3) is 0 Å². The molecular formula is C9H19N3O2. The van der Waals surface area contributed by atoms with E-state index >= 15 is 0 Å². The Morgan fingerprint density at radius 2 is 2.00 bits per heavy atom. The van der Waals surface area contributed by atoms with Crippen LogP contribution < -0.4 is 5.43 Å². The Bertz CT molecular complexity index is 179. The number of hydrazine groups is 1. The van der Waals surface area contributed by atoms with E-state index in [0.29, 0.717) is 6.42 Å². The molecule has 1 aliphatic heterocycles. The Kier molecular flexibility index (Phi) is 4.86. The van der Waals surface area contributed by atoms with Gasteiger partial charge in [-0.15, -0.1) is 0 Å². The summed E-state index contributed by atoms with van der Waals surface area (Å²) < 4.78 is 0. The maximum absolute atomic E-state index is 11.1. The largest absolute Gasteiger partial charge is 0.395 e. The van der Waals surface area contributed by atoms with Gasteiger partial charge in [-0.2, -0.15) is 0 Å². The second kappa shape index (κ2) is 5.95. The third-order valence-electron chi connectivity index (χ3n) is 2.39. The number of carbonyl (C=O) groups is 1. The van der Waals surface area contributed by atoms with Gasteiger partial charge in [0.05, 0.1) is 6.61 Å². The molecule has 2 N–H and O–H groups in total. The van der Waals surface area contributed by atoms with E-state index in [2.05, 4.69) is 10.3 Å². The van der Waals surface area contributed by atoms with Crippen LogP contribution in [0.2, 0.25) is 0 Å². The molecule has 1 amide bonds. The highest BCUT2D eigenvalue weighted by atomic mass is 16.3. The van der Waals surface area contributed by atoms with Gasteiger partial charge in [-0.3, -0.25) is 15.1 Å². The van der Waals surface area contributed by atoms with E-state index in [1.165, 1.54) is 0 Å². The second-order valence-electron chi connectivity index (χ2n) is 3.44. The summed E-state index contributed by atoms with van der Waals surface area (Å²) in [5.41, 5.74) is 2.84. The molecule has 14 heavy (non-hydrogen) atoms. The fourth-order valence-corrected chi connectivity index (χ4v) is 1.48. The van der Waals surface area contributed by atoms with Crippen LogP contribution in [0.15, 0.2) is 0 Å². The van der Waals surface area contributed by atoms with Crippen LogP contribution in [0.1, 0.15) is 13.3 Å². The van der Waals surface area contributed by atoms with Crippen LogP contribution in [-0.2, 0) is 4.79 Å². The summed E-state index contributed by atoms with van der Waals surface area (Å²) in [6, 6.07) is 0. The zero-order valence-electron chi connectivity index (χ0n) is 8.70. The van der Waals surface area contributed by atoms with Crippen LogP contribution in [0.25, 0.3) is 0 Å². The normalized spacial score (nSPS) is 19.6. The van der Waals surface area contributed by atoms with Gasteiger partial charge in [0, 0.05) is 39.1 Å². The van der Waals surface area contributed by atoms with Crippen molar-refractivity contribution in [2.75, 3.05) is 39.3 Å². The van der Waals surface area contributed by atoms with Crippen molar-refractivity contribution in [2.24, 2.45) is 0 Å². The molecule has 1 aliphatic rings. The molecule has 0 aromatic rings. The molecule has 1 rings (SSSR count). The smallest absolute Gasteiger partial charge is 0.233 e. The van der Waals surface area contributed by atoms with Crippen LogP contribution in [0.5, 0.6) is 0 Å². The predicted octanol–water partition coefficient (Wildman–Crippen LogP) is -0.962. The van der Waals surface area contributed by atoms with Crippen molar-refractivity contribution >= 4 is 5.91 Å². The van der Waals surface area contributed by atoms with E-state index in [0.717, 1.165) is 32.7 Å². The molecule has 0 aliphatic carbocycles. The highest BCUT2D eigenvalue weighted by Crippen LogP contribution is 1.98. The van der Waals surface area contributed by atoms with Crippen molar-refractivity contribution in [3.8, 4) is 0 Å². The minimum atomic E-state index is 0.0700. The fourth-order valence-electron chi connectivity index (χ4n) is 1.48. The Morgan fingerprint density at radius 1 is 1.36 bits per heavy atom. The Balaban J connectivity index is 2.18. The van der Waals surface area contributed by atoms with Crippen LogP contribution >= 0.6 is 0 Å². The quantitative estimate of drug-likeness (QED) is 0.615. The summed E-state index contributed by atoms with van der Waals surface area (Å²) in [7, 11) is 0. The zero-order valence-corrected chi connectivity index (χ0v) is 8.70. The summed E-state index contributed by atoms with van der Waals surface area (Å²) in [4.78, 5) is 13.3. The standard InChI is InChI=1S/C9H19N3O2/c1-2-9(14)10-12-5-3-11(4-6-12)7-8-13/h13H,2-8H2,1H3,(H,10,14). The first-order valence-electron chi connectivity index (χ1n) is 5.14. The van der Waals surface area contributed by atoms with Crippen molar-refractivity contribution in [2.45, 2.75) is 13.3 Å². The van der Waals surface area contributed by atoms with Gasteiger partial charge in [-0.25, -0.2) is 5.01 Å². The summed E-state index contributed by atoms with van der Waals surface area (Å²) >= 11 is 0. The van der Waals surface area contributed by atoms with E-state index in [1.54, 1.807) is 0 Å². The van der Waals surface area contributed by atoms with Crippen LogP contribution in [-0.4, -0.2) is 60.3 Å². The predicted molar refractivity (Wildman–Crippen MR) is 53.5 cm³/mol. The number of hydrogen-bond acceptors (Lipinski definition) is 4. The third-order valence-corrected chi connectivity index (χ3v) is 2.39. The first kappa shape index (κ1) is 11.4. The molecule has 5 heteroatoms. The molecular weight excluding hydrogens is 182 g/mol. The SMILES string of the molecule is CCC(=O)NN1CCN(CCO)CC1. The summed E-state index contributed by atoms with van der Waals surface area (Å²) in [6.45, 7) is 6.28. The van der Waals surface area contributed by atoms with Crippen molar-refractivity contribution in [1.29, 1.82) is 0 Å². The number of carbonyl (C=O) groups excluding carboxylic acids is 1. The van der Waals surface area contributed by atoms with Crippen molar-refractivity contribution in [3.05, 3.63) is 0 Å². The number of β-amino-alcohol motifs (C(OH)–C–C–N with tert-alkyl or cyclic N) is 1. The van der Waals surface area contributed by atoms with E-state index in [-0.39, 0.29) is 12.5 Å². The van der Waals surface area contributed by atoms with E-state index in [9.17, 15) is 4.79 Å². The lowest BCUT2D eigenvalue weighted by atomic mass is 10.3. The van der Waals surface area contributed by atoms with Crippen LogP contribution in [0.4, 0.5) is 0 Å². The van der Waals surface area contributed by atoms with Crippen molar-refractivity contribution in [1.82, 2.24) is 15.3 Å². The topological polar surface area (TPSA) is 55.8 Å². The number of aliphatic hydroxyl groups excluding tert-OH is 1. The molecule has 1 saturated heterocycles. The van der Waals surface area contributed by atoms with Gasteiger partial charge in [0.2, 0.25) is 5.91 Å². The number of hydrogen-bond donors (Lipinski definition) is 2. The molecule has 1 fully saturated rings. The van der Waals surface area contributed by atoms with E-state index in [1.807, 2.05) is 11.9 Å². The first-order chi connectivity index (χ1) is 6.76. The number of aliphatic hydroxyl groups is 1. The van der Waals surface area contributed by atoms with Gasteiger partial charge < -0.3 is 5.11 Å². The molecule has 0 radical (unpaired) electrons. The minimum Gasteiger partial charge on any atom is -0.395 e. The molecule has 5 nitrogen and oxygen atoms in total. The van der Waals surface area contributed by atoms with Gasteiger partial charge in [0.1, 0.15) is 0 Å². The van der Waals surface area contributed by atoms with Crippen LogP contribution in [0, 0.1) is 0 Å². The molecule has 0 saturated carbocycles. The molecule has 0 spiro atoms. The highest BCUT2D eigenvalue weighted by Gasteiger charge is 2.16. The Morgan fingerprint density at radius 3 is 2.50 bits per heavy atom. The molecule has 0 aromatic carbocycles. The summed E-state index contributed by atoms with van der Waals surface area (Å²) in [6.07, 6.45) is 0.525. The number of amides is 1. The molecule has 0 aromatic heterocycles. The van der Waals surface area contributed by atoms with Gasteiger partial charge >= 0.3 is 0 Å². The third kappa shape index (κ3) is 3.61. The fraction of sp³-hybridized carbons (Fsp3) is 0.889. The van der Waals surface area contributed by atoms with Crippen molar-refractivity contribution < 1.29 is 9.90 Å². The maximum atomic E-state index is 11.1. The Hall–Kier alpha value is -0.650. The number of nitrogens with zero attached hydrogens (tertiary/aromatic N) is 2. The van der Waals surface area contributed by atoms with Crippen molar-refractivity contribution in [3.63, 3.8) is 0 Å². The van der Waals surface area contributed by atoms with Crippen LogP contribution in [0.3, 0.4) is 0 Å². The molecule has 0 atom stereocenters. The average Bonchev–Trinajstić information content (AvgIpc) is 2.21. The molecule has 82 valence electrons. The van der Waals surface area contributed by atoms with Gasteiger partial charge in [-0.1, -0.05) is 6.92 Å². The average molecular weight is 201 g/mol. The zero-order chi connectivity index (χ0) is 10.4. The number of nitrogens with one attached hydrogen (secondary N) is 1. The van der Waals surface area contributed by atoms with E-state index < -0.39 is 0 Å². The first-order valence-corrected chi connectivity index (χ1v) is 5.14. The minimum absolute atomic E-state index is 0.0700. The molecule has 1 heterocycles.